The van der Waals surface area contributed by atoms with Crippen LogP contribution in [0.3, 0.4) is 0 Å². The third kappa shape index (κ3) is 8.16. The Kier molecular flexibility index (Phi) is 9.62. The number of ether oxygens (including phenoxy) is 1. The van der Waals surface area contributed by atoms with Gasteiger partial charge in [-0.25, -0.2) is 0 Å². The number of benzene rings is 2. The molecule has 0 aliphatic heterocycles. The van der Waals surface area contributed by atoms with Gasteiger partial charge in [-0.3, -0.25) is 9.59 Å². The quantitative estimate of drug-likeness (QED) is 0.474. The van der Waals surface area contributed by atoms with Gasteiger partial charge in [-0.15, -0.1) is 0 Å². The highest BCUT2D eigenvalue weighted by molar-refractivity contribution is 5.96. The zero-order valence-electron chi connectivity index (χ0n) is 18.7. The second kappa shape index (κ2) is 12.4. The van der Waals surface area contributed by atoms with Crippen LogP contribution in [0.15, 0.2) is 60.7 Å². The van der Waals surface area contributed by atoms with Crippen LogP contribution in [0.1, 0.15) is 44.0 Å². The summed E-state index contributed by atoms with van der Waals surface area (Å²) in [6.07, 6.45) is 1.84. The van der Waals surface area contributed by atoms with Crippen LogP contribution in [0.2, 0.25) is 0 Å². The van der Waals surface area contributed by atoms with Crippen molar-refractivity contribution in [2.75, 3.05) is 36.9 Å². The minimum Gasteiger partial charge on any atom is -0.489 e. The van der Waals surface area contributed by atoms with E-state index in [0.717, 1.165) is 37.2 Å². The van der Waals surface area contributed by atoms with Gasteiger partial charge in [-0.1, -0.05) is 32.6 Å². The van der Waals surface area contributed by atoms with Crippen molar-refractivity contribution in [3.05, 3.63) is 66.2 Å². The van der Waals surface area contributed by atoms with E-state index in [9.17, 15) is 9.59 Å². The molecule has 2 aromatic carbocycles. The summed E-state index contributed by atoms with van der Waals surface area (Å²) in [5.41, 5.74) is 2.93. The van der Waals surface area contributed by atoms with E-state index < -0.39 is 0 Å². The topological polar surface area (TPSA) is 70.7 Å². The first-order chi connectivity index (χ1) is 14.9. The molecule has 0 radical (unpaired) electrons. The fourth-order valence-corrected chi connectivity index (χ4v) is 3.06. The molecule has 0 atom stereocenters. The molecule has 2 N–H and O–H groups in total. The molecule has 0 saturated carbocycles. The Labute approximate surface area is 185 Å². The molecule has 166 valence electrons. The SMILES string of the molecule is C=C(C)COc1cccc(NC(=O)CNc2cccc(C(=O)N(CCC)CCC)c2)c1. The second-order valence-corrected chi connectivity index (χ2v) is 7.55. The van der Waals surface area contributed by atoms with E-state index >= 15 is 0 Å². The zero-order chi connectivity index (χ0) is 22.6. The lowest BCUT2D eigenvalue weighted by molar-refractivity contribution is -0.114. The standard InChI is InChI=1S/C25H33N3O3/c1-5-13-28(14-6-2)25(30)20-9-7-10-21(15-20)26-17-24(29)27-22-11-8-12-23(16-22)31-18-19(3)4/h7-12,15-16,26H,3,5-6,13-14,17-18H2,1-2,4H3,(H,27,29). The molecular formula is C25H33N3O3. The summed E-state index contributed by atoms with van der Waals surface area (Å²) >= 11 is 0. The third-order valence-corrected chi connectivity index (χ3v) is 4.44. The molecular weight excluding hydrogens is 390 g/mol. The highest BCUT2D eigenvalue weighted by atomic mass is 16.5. The second-order valence-electron chi connectivity index (χ2n) is 7.55. The fourth-order valence-electron chi connectivity index (χ4n) is 3.06. The number of carbonyl (C=O) groups is 2. The van der Waals surface area contributed by atoms with Crippen LogP contribution >= 0.6 is 0 Å². The van der Waals surface area contributed by atoms with Crippen LogP contribution in [0, 0.1) is 0 Å². The third-order valence-electron chi connectivity index (χ3n) is 4.44. The maximum Gasteiger partial charge on any atom is 0.253 e. The lowest BCUT2D eigenvalue weighted by Crippen LogP contribution is -2.32. The van der Waals surface area contributed by atoms with Gasteiger partial charge in [0.1, 0.15) is 12.4 Å². The average molecular weight is 424 g/mol. The zero-order valence-corrected chi connectivity index (χ0v) is 18.7. The van der Waals surface area contributed by atoms with Crippen LogP contribution in [0.4, 0.5) is 11.4 Å². The van der Waals surface area contributed by atoms with Crippen molar-refractivity contribution in [2.45, 2.75) is 33.6 Å². The number of nitrogens with one attached hydrogen (secondary N) is 2. The Morgan fingerprint density at radius 3 is 2.35 bits per heavy atom. The van der Waals surface area contributed by atoms with Crippen LogP contribution in [0.5, 0.6) is 5.75 Å². The van der Waals surface area contributed by atoms with Gasteiger partial charge in [0.25, 0.3) is 5.91 Å². The Bertz CT molecular complexity index is 889. The van der Waals surface area contributed by atoms with E-state index in [-0.39, 0.29) is 18.4 Å². The molecule has 31 heavy (non-hydrogen) atoms. The first-order valence-corrected chi connectivity index (χ1v) is 10.7. The largest absolute Gasteiger partial charge is 0.489 e. The van der Waals surface area contributed by atoms with Gasteiger partial charge in [-0.05, 0) is 55.7 Å². The van der Waals surface area contributed by atoms with Crippen LogP contribution in [0.25, 0.3) is 0 Å². The first-order valence-electron chi connectivity index (χ1n) is 10.7. The molecule has 0 fully saturated rings. The van der Waals surface area contributed by atoms with E-state index in [1.807, 2.05) is 42.2 Å². The molecule has 2 aromatic rings. The van der Waals surface area contributed by atoms with Crippen LogP contribution in [-0.2, 0) is 4.79 Å². The maximum atomic E-state index is 12.8. The van der Waals surface area contributed by atoms with Gasteiger partial charge in [0.15, 0.2) is 0 Å². The molecule has 0 bridgehead atoms. The normalized spacial score (nSPS) is 10.3. The Balaban J connectivity index is 1.94. The lowest BCUT2D eigenvalue weighted by atomic mass is 10.1. The van der Waals surface area contributed by atoms with Crippen molar-refractivity contribution in [2.24, 2.45) is 0 Å². The molecule has 0 unspecified atom stereocenters. The number of rotatable bonds is 12. The average Bonchev–Trinajstić information content (AvgIpc) is 2.76. The minimum atomic E-state index is -0.188. The highest BCUT2D eigenvalue weighted by Gasteiger charge is 2.14. The van der Waals surface area contributed by atoms with Crippen molar-refractivity contribution in [3.8, 4) is 5.75 Å². The van der Waals surface area contributed by atoms with Gasteiger partial charge >= 0.3 is 0 Å². The highest BCUT2D eigenvalue weighted by Crippen LogP contribution is 2.18. The lowest BCUT2D eigenvalue weighted by Gasteiger charge is -2.21. The summed E-state index contributed by atoms with van der Waals surface area (Å²) in [6, 6.07) is 14.5. The maximum absolute atomic E-state index is 12.8. The molecule has 0 aliphatic rings. The Morgan fingerprint density at radius 2 is 1.68 bits per heavy atom. The predicted molar refractivity (Wildman–Crippen MR) is 127 cm³/mol. The van der Waals surface area contributed by atoms with Crippen LogP contribution in [-0.4, -0.2) is 43.0 Å². The smallest absolute Gasteiger partial charge is 0.253 e. The van der Waals surface area contributed by atoms with Crippen molar-refractivity contribution in [1.82, 2.24) is 4.90 Å². The summed E-state index contributed by atoms with van der Waals surface area (Å²) in [7, 11) is 0. The number of hydrogen-bond acceptors (Lipinski definition) is 4. The molecule has 0 saturated heterocycles. The van der Waals surface area contributed by atoms with Gasteiger partial charge < -0.3 is 20.3 Å². The number of hydrogen-bond donors (Lipinski definition) is 2. The number of anilines is 2. The van der Waals surface area contributed by atoms with Crippen molar-refractivity contribution >= 4 is 23.2 Å². The fraction of sp³-hybridized carbons (Fsp3) is 0.360. The van der Waals surface area contributed by atoms with E-state index in [1.165, 1.54) is 0 Å². The van der Waals surface area contributed by atoms with E-state index in [1.54, 1.807) is 18.2 Å². The van der Waals surface area contributed by atoms with Gasteiger partial charge in [0, 0.05) is 36.1 Å². The molecule has 0 heterocycles. The predicted octanol–water partition coefficient (Wildman–Crippen LogP) is 4.95. The van der Waals surface area contributed by atoms with E-state index in [4.69, 9.17) is 4.74 Å². The van der Waals surface area contributed by atoms with Gasteiger partial charge in [-0.2, -0.15) is 0 Å². The molecule has 2 rings (SSSR count). The van der Waals surface area contributed by atoms with Crippen LogP contribution < -0.4 is 15.4 Å². The van der Waals surface area contributed by atoms with Crippen molar-refractivity contribution in [3.63, 3.8) is 0 Å². The monoisotopic (exact) mass is 423 g/mol. The number of amides is 2. The van der Waals surface area contributed by atoms with E-state index in [0.29, 0.717) is 23.6 Å². The van der Waals surface area contributed by atoms with E-state index in [2.05, 4.69) is 31.1 Å². The molecule has 6 heteroatoms. The summed E-state index contributed by atoms with van der Waals surface area (Å²) in [4.78, 5) is 27.0. The first kappa shape index (κ1) is 24.0. The summed E-state index contributed by atoms with van der Waals surface area (Å²) in [5.74, 6) is 0.499. The summed E-state index contributed by atoms with van der Waals surface area (Å²) in [5, 5.41) is 5.94. The minimum absolute atomic E-state index is 0.0170. The molecule has 6 nitrogen and oxygen atoms in total. The molecule has 2 amide bonds. The summed E-state index contributed by atoms with van der Waals surface area (Å²) in [6.45, 7) is 11.8. The van der Waals surface area contributed by atoms with Gasteiger partial charge in [0.2, 0.25) is 5.91 Å². The van der Waals surface area contributed by atoms with Gasteiger partial charge in [0.05, 0.1) is 6.54 Å². The Hall–Kier alpha value is -3.28. The number of nitrogens with zero attached hydrogens (tertiary/aromatic N) is 1. The van der Waals surface area contributed by atoms with Crippen molar-refractivity contribution < 1.29 is 14.3 Å². The molecule has 0 spiro atoms. The molecule has 0 aromatic heterocycles. The molecule has 0 aliphatic carbocycles. The number of carbonyl (C=O) groups excluding carboxylic acids is 2. The summed E-state index contributed by atoms with van der Waals surface area (Å²) < 4.78 is 5.61. The van der Waals surface area contributed by atoms with Crippen molar-refractivity contribution in [1.29, 1.82) is 0 Å². The Morgan fingerprint density at radius 1 is 1.00 bits per heavy atom.